The number of benzene rings is 1. The fraction of sp³-hybridized carbons (Fsp3) is 0.421. The summed E-state index contributed by atoms with van der Waals surface area (Å²) >= 11 is 0. The highest BCUT2D eigenvalue weighted by Crippen LogP contribution is 2.33. The maximum Gasteiger partial charge on any atom is 0.287 e. The molecule has 1 saturated carbocycles. The average molecular weight is 329 g/mol. The van der Waals surface area contributed by atoms with Crippen LogP contribution in [-0.2, 0) is 0 Å². The molecule has 0 saturated heterocycles. The third-order valence-corrected chi connectivity index (χ3v) is 4.38. The Morgan fingerprint density at radius 3 is 2.71 bits per heavy atom. The summed E-state index contributed by atoms with van der Waals surface area (Å²) in [6.07, 6.45) is 6.40. The second-order valence-electron chi connectivity index (χ2n) is 6.11. The molecule has 0 aliphatic heterocycles. The average Bonchev–Trinajstić information content (AvgIpc) is 3.28. The first kappa shape index (κ1) is 16.4. The number of carbonyl (C=O) groups is 1. The van der Waals surface area contributed by atoms with Crippen molar-refractivity contribution in [3.63, 3.8) is 0 Å². The predicted molar refractivity (Wildman–Crippen MR) is 90.5 cm³/mol. The highest BCUT2D eigenvalue weighted by Gasteiger charge is 2.20. The maximum absolute atomic E-state index is 12.1. The van der Waals surface area contributed by atoms with Crippen molar-refractivity contribution in [2.75, 3.05) is 7.11 Å². The molecule has 1 aliphatic carbocycles. The molecule has 24 heavy (non-hydrogen) atoms. The fourth-order valence-corrected chi connectivity index (χ4v) is 3.00. The van der Waals surface area contributed by atoms with Crippen LogP contribution in [0.15, 0.2) is 41.0 Å². The lowest BCUT2D eigenvalue weighted by molar-refractivity contribution is 0.0912. The summed E-state index contributed by atoms with van der Waals surface area (Å²) in [6, 6.07) is 8.95. The van der Waals surface area contributed by atoms with Gasteiger partial charge < -0.3 is 19.2 Å². The fourth-order valence-electron chi connectivity index (χ4n) is 3.00. The largest absolute Gasteiger partial charge is 0.493 e. The molecule has 0 unspecified atom stereocenters. The van der Waals surface area contributed by atoms with Crippen molar-refractivity contribution < 1.29 is 18.7 Å². The Balaban J connectivity index is 1.69. The third kappa shape index (κ3) is 3.72. The number of hydrogen-bond donors (Lipinski definition) is 1. The summed E-state index contributed by atoms with van der Waals surface area (Å²) in [5, 5.41) is 2.91. The van der Waals surface area contributed by atoms with Gasteiger partial charge in [0.2, 0.25) is 0 Å². The van der Waals surface area contributed by atoms with Crippen LogP contribution in [0.25, 0.3) is 0 Å². The Kier molecular flexibility index (Phi) is 5.08. The monoisotopic (exact) mass is 329 g/mol. The molecule has 5 nitrogen and oxygen atoms in total. The van der Waals surface area contributed by atoms with Gasteiger partial charge in [0.05, 0.1) is 25.5 Å². The molecule has 1 aliphatic rings. The zero-order valence-corrected chi connectivity index (χ0v) is 14.1. The minimum atomic E-state index is -0.238. The molecule has 0 bridgehead atoms. The van der Waals surface area contributed by atoms with Crippen LogP contribution >= 0.6 is 0 Å². The van der Waals surface area contributed by atoms with Gasteiger partial charge in [-0.05, 0) is 62.4 Å². The van der Waals surface area contributed by atoms with E-state index in [2.05, 4.69) is 5.32 Å². The van der Waals surface area contributed by atoms with Gasteiger partial charge in [-0.3, -0.25) is 4.79 Å². The Labute approximate surface area is 141 Å². The first-order valence-electron chi connectivity index (χ1n) is 8.36. The van der Waals surface area contributed by atoms with Gasteiger partial charge in [0.1, 0.15) is 0 Å². The van der Waals surface area contributed by atoms with Crippen LogP contribution in [0.4, 0.5) is 0 Å². The smallest absolute Gasteiger partial charge is 0.287 e. The Morgan fingerprint density at radius 1 is 1.25 bits per heavy atom. The Bertz CT molecular complexity index is 675. The van der Waals surface area contributed by atoms with Crippen LogP contribution in [0.5, 0.6) is 11.5 Å². The molecule has 1 N–H and O–H groups in total. The van der Waals surface area contributed by atoms with Crippen LogP contribution in [0, 0.1) is 0 Å². The molecule has 1 heterocycles. The van der Waals surface area contributed by atoms with Crippen LogP contribution < -0.4 is 14.8 Å². The van der Waals surface area contributed by atoms with Crippen LogP contribution in [0.2, 0.25) is 0 Å². The van der Waals surface area contributed by atoms with Gasteiger partial charge in [0.25, 0.3) is 5.91 Å². The molecule has 0 spiro atoms. The molecule has 128 valence electrons. The lowest BCUT2D eigenvalue weighted by Gasteiger charge is -2.19. The highest BCUT2D eigenvalue weighted by atomic mass is 16.5. The molecule has 0 radical (unpaired) electrons. The van der Waals surface area contributed by atoms with E-state index in [0.717, 1.165) is 24.2 Å². The first-order valence-corrected chi connectivity index (χ1v) is 8.36. The first-order chi connectivity index (χ1) is 11.7. The van der Waals surface area contributed by atoms with Crippen molar-refractivity contribution in [2.45, 2.75) is 44.8 Å². The van der Waals surface area contributed by atoms with Crippen molar-refractivity contribution in [3.05, 3.63) is 47.9 Å². The van der Waals surface area contributed by atoms with Gasteiger partial charge in [0.15, 0.2) is 17.3 Å². The van der Waals surface area contributed by atoms with Crippen LogP contribution in [0.3, 0.4) is 0 Å². The van der Waals surface area contributed by atoms with Gasteiger partial charge in [-0.2, -0.15) is 0 Å². The number of furan rings is 1. The number of hydrogen-bond acceptors (Lipinski definition) is 4. The zero-order valence-electron chi connectivity index (χ0n) is 14.1. The molecule has 1 atom stereocenters. The van der Waals surface area contributed by atoms with Gasteiger partial charge in [-0.1, -0.05) is 6.07 Å². The van der Waals surface area contributed by atoms with E-state index in [1.165, 1.54) is 19.1 Å². The molecule has 5 heteroatoms. The van der Waals surface area contributed by atoms with E-state index in [-0.39, 0.29) is 18.1 Å². The summed E-state index contributed by atoms with van der Waals surface area (Å²) in [5.41, 5.74) is 0.950. The van der Waals surface area contributed by atoms with E-state index in [1.54, 1.807) is 19.2 Å². The van der Waals surface area contributed by atoms with Gasteiger partial charge in [-0.15, -0.1) is 0 Å². The normalized spacial score (nSPS) is 15.9. The molecule has 2 aromatic rings. The van der Waals surface area contributed by atoms with E-state index in [4.69, 9.17) is 13.9 Å². The number of carbonyl (C=O) groups excluding carboxylic acids is 1. The number of ether oxygens (including phenoxy) is 2. The van der Waals surface area contributed by atoms with Crippen molar-refractivity contribution in [3.8, 4) is 11.5 Å². The highest BCUT2D eigenvalue weighted by molar-refractivity contribution is 5.91. The molecule has 1 fully saturated rings. The third-order valence-electron chi connectivity index (χ3n) is 4.38. The summed E-state index contributed by atoms with van der Waals surface area (Å²) in [4.78, 5) is 12.1. The molecule has 1 aromatic carbocycles. The van der Waals surface area contributed by atoms with Crippen LogP contribution in [0.1, 0.15) is 54.8 Å². The van der Waals surface area contributed by atoms with Crippen molar-refractivity contribution in [2.24, 2.45) is 0 Å². The minimum absolute atomic E-state index is 0.169. The minimum Gasteiger partial charge on any atom is -0.493 e. The number of nitrogens with one attached hydrogen (secondary N) is 1. The standard InChI is InChI=1S/C19H23NO4/c1-13(20-19(21)17-8-5-11-23-17)14-9-10-16(18(12-14)22-2)24-15-6-3-4-7-15/h5,8-13,15H,3-4,6-7H2,1-2H3,(H,20,21)/t13-/m1/s1. The van der Waals surface area contributed by atoms with E-state index >= 15 is 0 Å². The summed E-state index contributed by atoms with van der Waals surface area (Å²) in [7, 11) is 1.63. The van der Waals surface area contributed by atoms with Gasteiger partial charge >= 0.3 is 0 Å². The van der Waals surface area contributed by atoms with Crippen molar-refractivity contribution in [1.82, 2.24) is 5.32 Å². The number of amides is 1. The van der Waals surface area contributed by atoms with Crippen LogP contribution in [-0.4, -0.2) is 19.1 Å². The quantitative estimate of drug-likeness (QED) is 0.867. The summed E-state index contributed by atoms with van der Waals surface area (Å²) < 4.78 is 16.6. The van der Waals surface area contributed by atoms with E-state index in [9.17, 15) is 4.79 Å². The van der Waals surface area contributed by atoms with Crippen molar-refractivity contribution in [1.29, 1.82) is 0 Å². The topological polar surface area (TPSA) is 60.7 Å². The lowest BCUT2D eigenvalue weighted by atomic mass is 10.1. The maximum atomic E-state index is 12.1. The molecule has 1 aromatic heterocycles. The Morgan fingerprint density at radius 2 is 2.04 bits per heavy atom. The second kappa shape index (κ2) is 7.43. The number of methoxy groups -OCH3 is 1. The predicted octanol–water partition coefficient (Wildman–Crippen LogP) is 4.10. The molecule has 1 amide bonds. The number of rotatable bonds is 6. The SMILES string of the molecule is COc1cc([C@@H](C)NC(=O)c2ccco2)ccc1OC1CCCC1. The summed E-state index contributed by atoms with van der Waals surface area (Å²) in [5.74, 6) is 1.52. The van der Waals surface area contributed by atoms with Crippen molar-refractivity contribution >= 4 is 5.91 Å². The van der Waals surface area contributed by atoms with E-state index < -0.39 is 0 Å². The molecule has 3 rings (SSSR count). The molecular weight excluding hydrogens is 306 g/mol. The van der Waals surface area contributed by atoms with Gasteiger partial charge in [-0.25, -0.2) is 0 Å². The zero-order chi connectivity index (χ0) is 16.9. The second-order valence-corrected chi connectivity index (χ2v) is 6.11. The summed E-state index contributed by atoms with van der Waals surface area (Å²) in [6.45, 7) is 1.92. The van der Waals surface area contributed by atoms with Gasteiger partial charge in [0, 0.05) is 0 Å². The molecular formula is C19H23NO4. The Hall–Kier alpha value is -2.43. The van der Waals surface area contributed by atoms with E-state index in [1.807, 2.05) is 25.1 Å². The van der Waals surface area contributed by atoms with E-state index in [0.29, 0.717) is 11.5 Å². The lowest BCUT2D eigenvalue weighted by Crippen LogP contribution is -2.26.